The van der Waals surface area contributed by atoms with E-state index < -0.39 is 18.2 Å². The van der Waals surface area contributed by atoms with Crippen LogP contribution in [-0.2, 0) is 14.3 Å². The molecule has 0 heterocycles. The minimum Gasteiger partial charge on any atom is -0.462 e. The Morgan fingerprint density at radius 1 is 0.556 bits per heavy atom. The lowest BCUT2D eigenvalue weighted by Gasteiger charge is -2.24. The van der Waals surface area contributed by atoms with E-state index in [9.17, 15) is 19.8 Å². The number of hydrogen-bond acceptors (Lipinski definition) is 5. The Labute approximate surface area is 334 Å². The molecule has 0 radical (unpaired) electrons. The van der Waals surface area contributed by atoms with Crippen molar-refractivity contribution in [3.63, 3.8) is 0 Å². The van der Waals surface area contributed by atoms with Crippen molar-refractivity contribution in [2.45, 2.75) is 251 Å². The lowest BCUT2D eigenvalue weighted by atomic mass is 10.0. The zero-order chi connectivity index (χ0) is 39.6. The van der Waals surface area contributed by atoms with E-state index in [0.29, 0.717) is 19.3 Å². The van der Waals surface area contributed by atoms with Crippen molar-refractivity contribution in [2.24, 2.45) is 0 Å². The zero-order valence-corrected chi connectivity index (χ0v) is 35.9. The van der Waals surface area contributed by atoms with Gasteiger partial charge in [-0.3, -0.25) is 9.59 Å². The molecule has 0 aromatic carbocycles. The third-order valence-corrected chi connectivity index (χ3v) is 10.5. The van der Waals surface area contributed by atoms with Gasteiger partial charge in [0.25, 0.3) is 0 Å². The van der Waals surface area contributed by atoms with Gasteiger partial charge in [0.05, 0.1) is 25.2 Å². The molecule has 0 bridgehead atoms. The van der Waals surface area contributed by atoms with Crippen molar-refractivity contribution < 1.29 is 24.5 Å². The predicted molar refractivity (Wildman–Crippen MR) is 232 cm³/mol. The summed E-state index contributed by atoms with van der Waals surface area (Å²) in [6.45, 7) is 6.33. The minimum absolute atomic E-state index is 0.0723. The second-order valence-electron chi connectivity index (χ2n) is 15.8. The van der Waals surface area contributed by atoms with E-state index >= 15 is 0 Å². The number of hydrogen-bond donors (Lipinski definition) is 3. The molecule has 54 heavy (non-hydrogen) atoms. The standard InChI is InChI=1S/C48H89NO5/c1-4-7-10-13-16-19-22-24-26-29-32-35-38-41-48(53)54-44(39-36-33-30-27-25-23-20-17-14-11-8-5-2)42-47(52)49-45(43-50)46(51)40-37-34-31-28-21-18-15-12-9-6-3/h7,10,13,16,19,22,44-46,50-51H,4-6,8-9,11-12,14-15,17-18,20-21,23-43H2,1-3H3,(H,49,52)/b10-7+,16-13+,22-19-. The summed E-state index contributed by atoms with van der Waals surface area (Å²) in [5.41, 5.74) is 0. The van der Waals surface area contributed by atoms with Crippen LogP contribution in [0.2, 0.25) is 0 Å². The summed E-state index contributed by atoms with van der Waals surface area (Å²) in [7, 11) is 0. The average molecular weight is 760 g/mol. The fraction of sp³-hybridized carbons (Fsp3) is 0.833. The third kappa shape index (κ3) is 37.0. The Bertz CT molecular complexity index is 900. The number of nitrogens with one attached hydrogen (secondary N) is 1. The number of allylic oxidation sites excluding steroid dienone is 6. The number of aliphatic hydroxyl groups excluding tert-OH is 2. The summed E-state index contributed by atoms with van der Waals surface area (Å²) in [4.78, 5) is 26.0. The topological polar surface area (TPSA) is 95.9 Å². The monoisotopic (exact) mass is 760 g/mol. The number of esters is 1. The first kappa shape index (κ1) is 52.1. The molecule has 0 rings (SSSR count). The van der Waals surface area contributed by atoms with E-state index in [1.54, 1.807) is 0 Å². The van der Waals surface area contributed by atoms with Crippen molar-refractivity contribution in [3.05, 3.63) is 36.5 Å². The Morgan fingerprint density at radius 2 is 1.00 bits per heavy atom. The molecule has 1 amide bonds. The number of rotatable bonds is 41. The summed E-state index contributed by atoms with van der Waals surface area (Å²) in [5.74, 6) is -0.492. The van der Waals surface area contributed by atoms with Gasteiger partial charge in [0.15, 0.2) is 0 Å². The van der Waals surface area contributed by atoms with E-state index in [0.717, 1.165) is 77.0 Å². The van der Waals surface area contributed by atoms with Crippen LogP contribution in [0.25, 0.3) is 0 Å². The lowest BCUT2D eigenvalue weighted by Crippen LogP contribution is -2.46. The van der Waals surface area contributed by atoms with Crippen LogP contribution in [-0.4, -0.2) is 46.9 Å². The Kier molecular flexibility index (Phi) is 40.7. The maximum absolute atomic E-state index is 13.1. The molecule has 0 saturated heterocycles. The Hall–Kier alpha value is -1.92. The predicted octanol–water partition coefficient (Wildman–Crippen LogP) is 13.3. The highest BCUT2D eigenvalue weighted by molar-refractivity contribution is 5.77. The molecule has 6 nitrogen and oxygen atoms in total. The van der Waals surface area contributed by atoms with E-state index in [1.807, 2.05) is 0 Å². The Morgan fingerprint density at radius 3 is 1.50 bits per heavy atom. The Balaban J connectivity index is 4.61. The normalized spacial score (nSPS) is 13.6. The first-order valence-corrected chi connectivity index (χ1v) is 23.2. The maximum atomic E-state index is 13.1. The van der Waals surface area contributed by atoms with Crippen molar-refractivity contribution in [2.75, 3.05) is 6.61 Å². The number of carbonyl (C=O) groups is 2. The van der Waals surface area contributed by atoms with Crippen molar-refractivity contribution in [1.29, 1.82) is 0 Å². The third-order valence-electron chi connectivity index (χ3n) is 10.5. The van der Waals surface area contributed by atoms with Crippen LogP contribution < -0.4 is 5.32 Å². The van der Waals surface area contributed by atoms with Crippen LogP contribution in [0, 0.1) is 0 Å². The average Bonchev–Trinajstić information content (AvgIpc) is 3.16. The second kappa shape index (κ2) is 42.2. The van der Waals surface area contributed by atoms with Gasteiger partial charge < -0.3 is 20.3 Å². The van der Waals surface area contributed by atoms with Crippen LogP contribution in [0.4, 0.5) is 0 Å². The fourth-order valence-electron chi connectivity index (χ4n) is 7.02. The SMILES string of the molecule is CC/C=C/C=C/C=C\CCCCCCCC(=O)OC(CCCCCCCCCCCCCC)CC(=O)NC(CO)C(O)CCCCCCCCCCCC. The summed E-state index contributed by atoms with van der Waals surface area (Å²) in [6, 6.07) is -0.700. The van der Waals surface area contributed by atoms with Crippen molar-refractivity contribution in [1.82, 2.24) is 5.32 Å². The van der Waals surface area contributed by atoms with Gasteiger partial charge in [-0.1, -0.05) is 211 Å². The minimum atomic E-state index is -0.786. The summed E-state index contributed by atoms with van der Waals surface area (Å²) < 4.78 is 5.90. The smallest absolute Gasteiger partial charge is 0.306 e. The summed E-state index contributed by atoms with van der Waals surface area (Å²) in [5, 5.41) is 23.6. The summed E-state index contributed by atoms with van der Waals surface area (Å²) >= 11 is 0. The number of unbranched alkanes of at least 4 members (excludes halogenated alkanes) is 25. The molecule has 0 saturated carbocycles. The maximum Gasteiger partial charge on any atom is 0.306 e. The van der Waals surface area contributed by atoms with Crippen molar-refractivity contribution >= 4 is 11.9 Å². The molecular formula is C48H89NO5. The van der Waals surface area contributed by atoms with Gasteiger partial charge in [-0.05, 0) is 44.9 Å². The molecule has 316 valence electrons. The molecule has 3 unspecified atom stereocenters. The van der Waals surface area contributed by atoms with Gasteiger partial charge in [0.2, 0.25) is 5.91 Å². The molecular weight excluding hydrogens is 671 g/mol. The largest absolute Gasteiger partial charge is 0.462 e. The fourth-order valence-corrected chi connectivity index (χ4v) is 7.02. The van der Waals surface area contributed by atoms with Crippen LogP contribution in [0.5, 0.6) is 0 Å². The van der Waals surface area contributed by atoms with Crippen LogP contribution in [0.1, 0.15) is 233 Å². The highest BCUT2D eigenvalue weighted by Gasteiger charge is 2.24. The second-order valence-corrected chi connectivity index (χ2v) is 15.8. The lowest BCUT2D eigenvalue weighted by molar-refractivity contribution is -0.151. The van der Waals surface area contributed by atoms with Gasteiger partial charge in [-0.15, -0.1) is 0 Å². The van der Waals surface area contributed by atoms with Gasteiger partial charge in [0.1, 0.15) is 6.10 Å². The van der Waals surface area contributed by atoms with Gasteiger partial charge in [-0.2, -0.15) is 0 Å². The molecule has 3 atom stereocenters. The molecule has 0 aromatic rings. The molecule has 0 aliphatic carbocycles. The van der Waals surface area contributed by atoms with Gasteiger partial charge in [-0.25, -0.2) is 0 Å². The zero-order valence-electron chi connectivity index (χ0n) is 35.9. The molecule has 0 fully saturated rings. The van der Waals surface area contributed by atoms with Crippen LogP contribution >= 0.6 is 0 Å². The van der Waals surface area contributed by atoms with E-state index in [-0.39, 0.29) is 24.9 Å². The van der Waals surface area contributed by atoms with Crippen LogP contribution in [0.3, 0.4) is 0 Å². The highest BCUT2D eigenvalue weighted by Crippen LogP contribution is 2.18. The van der Waals surface area contributed by atoms with Crippen LogP contribution in [0.15, 0.2) is 36.5 Å². The molecule has 0 aromatic heterocycles. The van der Waals surface area contributed by atoms with E-state index in [4.69, 9.17) is 4.74 Å². The number of ether oxygens (including phenoxy) is 1. The first-order valence-electron chi connectivity index (χ1n) is 23.2. The number of aliphatic hydroxyl groups is 2. The summed E-state index contributed by atoms with van der Waals surface area (Å²) in [6.07, 6.45) is 47.7. The highest BCUT2D eigenvalue weighted by atomic mass is 16.5. The molecule has 6 heteroatoms. The van der Waals surface area contributed by atoms with Gasteiger partial charge >= 0.3 is 5.97 Å². The van der Waals surface area contributed by atoms with E-state index in [1.165, 1.54) is 109 Å². The number of amides is 1. The van der Waals surface area contributed by atoms with E-state index in [2.05, 4.69) is 62.5 Å². The molecule has 0 spiro atoms. The molecule has 3 N–H and O–H groups in total. The quantitative estimate of drug-likeness (QED) is 0.0328. The molecule has 0 aliphatic rings. The number of carbonyl (C=O) groups excluding carboxylic acids is 2. The first-order chi connectivity index (χ1) is 26.5. The van der Waals surface area contributed by atoms with Crippen molar-refractivity contribution in [3.8, 4) is 0 Å². The molecule has 0 aliphatic heterocycles. The van der Waals surface area contributed by atoms with Gasteiger partial charge in [0, 0.05) is 6.42 Å².